The van der Waals surface area contributed by atoms with Gasteiger partial charge in [-0.25, -0.2) is 0 Å². The Bertz CT molecular complexity index is 524. The van der Waals surface area contributed by atoms with Gasteiger partial charge in [0.2, 0.25) is 0 Å². The molecule has 5 heteroatoms. The zero-order chi connectivity index (χ0) is 14.5. The van der Waals surface area contributed by atoms with E-state index in [0.717, 1.165) is 12.4 Å². The van der Waals surface area contributed by atoms with Gasteiger partial charge in [0.1, 0.15) is 0 Å². The molecule has 0 amide bonds. The first-order valence-corrected chi connectivity index (χ1v) is 6.93. The molecule has 1 N–H and O–H groups in total. The Hall–Kier alpha value is -2.04. The van der Waals surface area contributed by atoms with E-state index in [1.54, 1.807) is 0 Å². The zero-order valence-corrected chi connectivity index (χ0v) is 12.5. The monoisotopic (exact) mass is 274 g/mol. The van der Waals surface area contributed by atoms with Crippen molar-refractivity contribution >= 4 is 11.7 Å². The van der Waals surface area contributed by atoms with E-state index < -0.39 is 0 Å². The highest BCUT2D eigenvalue weighted by molar-refractivity contribution is 5.46. The fourth-order valence-electron chi connectivity index (χ4n) is 1.83. The van der Waals surface area contributed by atoms with Crippen LogP contribution in [0.4, 0.5) is 11.7 Å². The highest BCUT2D eigenvalue weighted by Crippen LogP contribution is 2.15. The number of aromatic nitrogens is 2. The number of nitrogens with zero attached hydrogens (tertiary/aromatic N) is 3. The molecule has 5 nitrogen and oxygen atoms in total. The lowest BCUT2D eigenvalue weighted by molar-refractivity contribution is 0.418. The van der Waals surface area contributed by atoms with Crippen LogP contribution < -0.4 is 10.2 Å². The van der Waals surface area contributed by atoms with Gasteiger partial charge >= 0.3 is 6.01 Å². The van der Waals surface area contributed by atoms with Gasteiger partial charge < -0.3 is 14.7 Å². The van der Waals surface area contributed by atoms with Crippen LogP contribution in [0.3, 0.4) is 0 Å². The molecule has 1 atom stereocenters. The summed E-state index contributed by atoms with van der Waals surface area (Å²) in [5, 5.41) is 7.12. The maximum atomic E-state index is 5.17. The number of rotatable bonds is 6. The van der Waals surface area contributed by atoms with Crippen LogP contribution in [0.25, 0.3) is 0 Å². The van der Waals surface area contributed by atoms with Gasteiger partial charge in [0.05, 0.1) is 0 Å². The SMILES string of the molecule is CC(C)c1noc(NCC(C)N(C)c2ccccc2)n1. The van der Waals surface area contributed by atoms with Gasteiger partial charge in [-0.1, -0.05) is 37.2 Å². The fraction of sp³-hybridized carbons (Fsp3) is 0.467. The lowest BCUT2D eigenvalue weighted by atomic mass is 10.2. The van der Waals surface area contributed by atoms with E-state index in [1.807, 2.05) is 32.0 Å². The summed E-state index contributed by atoms with van der Waals surface area (Å²) in [6.45, 7) is 6.98. The predicted octanol–water partition coefficient (Wildman–Crippen LogP) is 3.13. The zero-order valence-electron chi connectivity index (χ0n) is 12.5. The molecule has 108 valence electrons. The minimum atomic E-state index is 0.277. The minimum Gasteiger partial charge on any atom is -0.370 e. The Kier molecular flexibility index (Phi) is 4.61. The van der Waals surface area contributed by atoms with Crippen LogP contribution in [0, 0.1) is 0 Å². The van der Waals surface area contributed by atoms with E-state index in [2.05, 4.69) is 46.5 Å². The Labute approximate surface area is 120 Å². The van der Waals surface area contributed by atoms with Crippen LogP contribution in [0.5, 0.6) is 0 Å². The molecule has 1 unspecified atom stereocenters. The molecule has 0 radical (unpaired) electrons. The first-order valence-electron chi connectivity index (χ1n) is 6.93. The molecule has 1 aromatic heterocycles. The third-order valence-corrected chi connectivity index (χ3v) is 3.33. The normalized spacial score (nSPS) is 12.4. The lowest BCUT2D eigenvalue weighted by Crippen LogP contribution is -2.34. The van der Waals surface area contributed by atoms with E-state index in [4.69, 9.17) is 4.52 Å². The van der Waals surface area contributed by atoms with Gasteiger partial charge in [-0.3, -0.25) is 0 Å². The van der Waals surface area contributed by atoms with Crippen LogP contribution in [0.15, 0.2) is 34.9 Å². The topological polar surface area (TPSA) is 54.2 Å². The number of hydrogen-bond donors (Lipinski definition) is 1. The summed E-state index contributed by atoms with van der Waals surface area (Å²) < 4.78 is 5.17. The Morgan fingerprint density at radius 1 is 1.20 bits per heavy atom. The van der Waals surface area contributed by atoms with E-state index >= 15 is 0 Å². The number of anilines is 2. The van der Waals surface area contributed by atoms with Crippen LogP contribution in [-0.4, -0.2) is 29.8 Å². The third kappa shape index (κ3) is 3.50. The summed E-state index contributed by atoms with van der Waals surface area (Å²) in [5.74, 6) is 1.01. The molecule has 0 spiro atoms. The standard InChI is InChI=1S/C15H22N4O/c1-11(2)14-17-15(20-18-14)16-10-12(3)19(4)13-8-6-5-7-9-13/h5-9,11-12H,10H2,1-4H3,(H,16,17,18). The smallest absolute Gasteiger partial charge is 0.321 e. The Morgan fingerprint density at radius 2 is 1.90 bits per heavy atom. The van der Waals surface area contributed by atoms with Gasteiger partial charge in [-0.15, -0.1) is 0 Å². The van der Waals surface area contributed by atoms with Gasteiger partial charge in [-0.05, 0) is 19.1 Å². The van der Waals surface area contributed by atoms with Crippen LogP contribution in [0.2, 0.25) is 0 Å². The lowest BCUT2D eigenvalue weighted by Gasteiger charge is -2.26. The largest absolute Gasteiger partial charge is 0.370 e. The second-order valence-electron chi connectivity index (χ2n) is 5.29. The quantitative estimate of drug-likeness (QED) is 0.877. The van der Waals surface area contributed by atoms with Crippen molar-refractivity contribution in [2.45, 2.75) is 32.7 Å². The van der Waals surface area contributed by atoms with E-state index in [1.165, 1.54) is 5.69 Å². The van der Waals surface area contributed by atoms with Crippen molar-refractivity contribution in [2.24, 2.45) is 0 Å². The van der Waals surface area contributed by atoms with E-state index in [0.29, 0.717) is 12.1 Å². The molecular weight excluding hydrogens is 252 g/mol. The van der Waals surface area contributed by atoms with Crippen LogP contribution in [0.1, 0.15) is 32.5 Å². The number of hydrogen-bond acceptors (Lipinski definition) is 5. The predicted molar refractivity (Wildman–Crippen MR) is 81.2 cm³/mol. The molecular formula is C15H22N4O. The van der Waals surface area contributed by atoms with Gasteiger partial charge in [0, 0.05) is 31.2 Å². The maximum absolute atomic E-state index is 5.17. The van der Waals surface area contributed by atoms with Crippen molar-refractivity contribution in [2.75, 3.05) is 23.8 Å². The summed E-state index contributed by atoms with van der Waals surface area (Å²) in [4.78, 5) is 6.52. The minimum absolute atomic E-state index is 0.277. The summed E-state index contributed by atoms with van der Waals surface area (Å²) in [5.41, 5.74) is 1.19. The van der Waals surface area contributed by atoms with Gasteiger partial charge in [0.25, 0.3) is 0 Å². The summed E-state index contributed by atoms with van der Waals surface area (Å²) in [6.07, 6.45) is 0. The summed E-state index contributed by atoms with van der Waals surface area (Å²) in [6, 6.07) is 11.1. The molecule has 0 aliphatic carbocycles. The number of para-hydroxylation sites is 1. The molecule has 1 heterocycles. The maximum Gasteiger partial charge on any atom is 0.321 e. The first kappa shape index (κ1) is 14.4. The molecule has 2 aromatic rings. The number of likely N-dealkylation sites (N-methyl/N-ethyl adjacent to an activating group) is 1. The first-order chi connectivity index (χ1) is 9.58. The molecule has 0 aliphatic heterocycles. The van der Waals surface area contributed by atoms with E-state index in [-0.39, 0.29) is 5.92 Å². The fourth-order valence-corrected chi connectivity index (χ4v) is 1.83. The molecule has 1 aromatic carbocycles. The molecule has 0 aliphatic rings. The second-order valence-corrected chi connectivity index (χ2v) is 5.29. The highest BCUT2D eigenvalue weighted by atomic mass is 16.5. The second kappa shape index (κ2) is 6.41. The van der Waals surface area contributed by atoms with Crippen molar-refractivity contribution in [3.8, 4) is 0 Å². The summed E-state index contributed by atoms with van der Waals surface area (Å²) >= 11 is 0. The van der Waals surface area contributed by atoms with Crippen molar-refractivity contribution in [1.82, 2.24) is 10.1 Å². The molecule has 0 saturated heterocycles. The number of nitrogens with one attached hydrogen (secondary N) is 1. The Balaban J connectivity index is 1.89. The van der Waals surface area contributed by atoms with Crippen LogP contribution >= 0.6 is 0 Å². The highest BCUT2D eigenvalue weighted by Gasteiger charge is 2.13. The summed E-state index contributed by atoms with van der Waals surface area (Å²) in [7, 11) is 2.08. The van der Waals surface area contributed by atoms with Crippen LogP contribution in [-0.2, 0) is 0 Å². The molecule has 20 heavy (non-hydrogen) atoms. The van der Waals surface area contributed by atoms with Crippen molar-refractivity contribution in [3.05, 3.63) is 36.2 Å². The number of benzene rings is 1. The van der Waals surface area contributed by atoms with Crippen molar-refractivity contribution in [1.29, 1.82) is 0 Å². The molecule has 0 saturated carbocycles. The van der Waals surface area contributed by atoms with E-state index in [9.17, 15) is 0 Å². The molecule has 0 fully saturated rings. The van der Waals surface area contributed by atoms with Crippen molar-refractivity contribution < 1.29 is 4.52 Å². The van der Waals surface area contributed by atoms with Gasteiger partial charge in [-0.2, -0.15) is 4.98 Å². The Morgan fingerprint density at radius 3 is 2.50 bits per heavy atom. The van der Waals surface area contributed by atoms with Crippen molar-refractivity contribution in [3.63, 3.8) is 0 Å². The average Bonchev–Trinajstić information content (AvgIpc) is 2.94. The molecule has 2 rings (SSSR count). The molecule has 0 bridgehead atoms. The third-order valence-electron chi connectivity index (χ3n) is 3.33. The van der Waals surface area contributed by atoms with Gasteiger partial charge in [0.15, 0.2) is 5.82 Å². The average molecular weight is 274 g/mol.